The van der Waals surface area contributed by atoms with Gasteiger partial charge in [-0.05, 0) is 59.0 Å². The van der Waals surface area contributed by atoms with E-state index in [0.717, 1.165) is 21.6 Å². The van der Waals surface area contributed by atoms with E-state index in [9.17, 15) is 19.5 Å². The quantitative estimate of drug-likeness (QED) is 0.218. The Kier molecular flexibility index (Phi) is 8.39. The highest BCUT2D eigenvalue weighted by molar-refractivity contribution is 7.13. The number of carboxylic acids is 1. The van der Waals surface area contributed by atoms with Gasteiger partial charge >= 0.3 is 5.97 Å². The summed E-state index contributed by atoms with van der Waals surface area (Å²) < 4.78 is 11.0. The zero-order valence-electron chi connectivity index (χ0n) is 22.2. The lowest BCUT2D eigenvalue weighted by atomic mass is 9.93. The molecule has 5 N–H and O–H groups in total. The number of nitrogens with two attached hydrogens (primary N) is 1. The third-order valence-corrected chi connectivity index (χ3v) is 7.63. The number of amides is 2. The van der Waals surface area contributed by atoms with E-state index >= 15 is 0 Å². The van der Waals surface area contributed by atoms with Gasteiger partial charge in [0.1, 0.15) is 11.4 Å². The maximum absolute atomic E-state index is 13.8. The molecule has 0 bridgehead atoms. The van der Waals surface area contributed by atoms with Gasteiger partial charge in [0.25, 0.3) is 11.8 Å². The first kappa shape index (κ1) is 28.0. The molecule has 0 spiro atoms. The third kappa shape index (κ3) is 5.97. The predicted molar refractivity (Wildman–Crippen MR) is 156 cm³/mol. The van der Waals surface area contributed by atoms with Crippen molar-refractivity contribution in [3.8, 4) is 27.3 Å². The molecule has 5 rings (SSSR count). The number of thiophene rings is 1. The number of benzene rings is 2. The number of nitrogens with one attached hydrogen (secondary N) is 2. The first-order valence-electron chi connectivity index (χ1n) is 12.9. The molecule has 0 saturated carbocycles. The molecule has 11 heteroatoms. The molecular formula is C30H28N4O6S. The van der Waals surface area contributed by atoms with Gasteiger partial charge in [-0.1, -0.05) is 12.1 Å². The Morgan fingerprint density at radius 2 is 1.85 bits per heavy atom. The minimum Gasteiger partial charge on any atom is -0.493 e. The number of ether oxygens (including phenoxy) is 2. The Hall–Kier alpha value is -4.58. The van der Waals surface area contributed by atoms with E-state index in [2.05, 4.69) is 15.6 Å². The first-order chi connectivity index (χ1) is 19.9. The third-order valence-electron chi connectivity index (χ3n) is 6.64. The lowest BCUT2D eigenvalue weighted by molar-refractivity contribution is 0.0691. The van der Waals surface area contributed by atoms with Gasteiger partial charge in [-0.15, -0.1) is 11.3 Å². The van der Waals surface area contributed by atoms with E-state index < -0.39 is 17.8 Å². The van der Waals surface area contributed by atoms with Gasteiger partial charge in [0.05, 0.1) is 13.2 Å². The van der Waals surface area contributed by atoms with E-state index in [-0.39, 0.29) is 29.1 Å². The highest BCUT2D eigenvalue weighted by Gasteiger charge is 2.26. The fraction of sp³-hybridized carbons (Fsp3) is 0.200. The predicted octanol–water partition coefficient (Wildman–Crippen LogP) is 4.20. The Balaban J connectivity index is 1.62. The molecule has 0 fully saturated rings. The Bertz CT molecular complexity index is 1620. The van der Waals surface area contributed by atoms with Crippen LogP contribution in [0, 0.1) is 0 Å². The summed E-state index contributed by atoms with van der Waals surface area (Å²) in [5.74, 6) is -1.79. The van der Waals surface area contributed by atoms with Crippen molar-refractivity contribution in [1.29, 1.82) is 0 Å². The van der Waals surface area contributed by atoms with Gasteiger partial charge < -0.3 is 30.9 Å². The van der Waals surface area contributed by atoms with Crippen molar-refractivity contribution >= 4 is 34.8 Å². The number of fused-ring (bicyclic) bond motifs is 3. The van der Waals surface area contributed by atoms with Crippen LogP contribution in [0.5, 0.6) is 5.75 Å². The van der Waals surface area contributed by atoms with Gasteiger partial charge in [0.15, 0.2) is 5.69 Å². The van der Waals surface area contributed by atoms with Crippen LogP contribution < -0.4 is 21.1 Å². The normalized spacial score (nSPS) is 12.0. The van der Waals surface area contributed by atoms with Crippen molar-refractivity contribution in [2.45, 2.75) is 13.0 Å². The molecule has 0 unspecified atom stereocenters. The van der Waals surface area contributed by atoms with Gasteiger partial charge in [0, 0.05) is 59.4 Å². The first-order valence-corrected chi connectivity index (χ1v) is 13.8. The van der Waals surface area contributed by atoms with Crippen molar-refractivity contribution in [2.75, 3.05) is 32.2 Å². The number of nitrogens with zero attached hydrogens (tertiary/aromatic N) is 1. The number of methoxy groups -OCH3 is 1. The standard InChI is InChI=1S/C30H28N4O6S/c1-39-12-10-32-29(36)24-7-6-20(26(34-24)30(37)38)21-15-25-23(27-18(8-11-40-25)9-13-41-27)14-22(21)28(35)33-19-4-2-17(16-31)3-5-19/h2-7,9,13-15H,8,10-12,16,31H2,1H3,(H,32,36)(H,33,35)(H,37,38). The second-order valence-corrected chi connectivity index (χ2v) is 10.2. The highest BCUT2D eigenvalue weighted by atomic mass is 32.1. The lowest BCUT2D eigenvalue weighted by Crippen LogP contribution is -2.28. The van der Waals surface area contributed by atoms with Crippen molar-refractivity contribution in [3.63, 3.8) is 0 Å². The fourth-order valence-corrected chi connectivity index (χ4v) is 5.55. The van der Waals surface area contributed by atoms with Crippen LogP contribution in [-0.4, -0.2) is 54.7 Å². The minimum absolute atomic E-state index is 0.0671. The number of aromatic carboxylic acids is 1. The number of hydrogen-bond donors (Lipinski definition) is 4. The van der Waals surface area contributed by atoms with Crippen LogP contribution in [0.1, 0.15) is 42.5 Å². The zero-order valence-corrected chi connectivity index (χ0v) is 23.0. The Morgan fingerprint density at radius 3 is 2.59 bits per heavy atom. The molecule has 0 radical (unpaired) electrons. The molecule has 1 aliphatic rings. The van der Waals surface area contributed by atoms with E-state index in [4.69, 9.17) is 15.2 Å². The van der Waals surface area contributed by atoms with Crippen molar-refractivity contribution < 1.29 is 29.0 Å². The van der Waals surface area contributed by atoms with E-state index in [1.807, 2.05) is 23.6 Å². The Morgan fingerprint density at radius 1 is 1.05 bits per heavy atom. The fourth-order valence-electron chi connectivity index (χ4n) is 4.57. The van der Waals surface area contributed by atoms with Crippen molar-refractivity contribution in [3.05, 3.63) is 88.1 Å². The van der Waals surface area contributed by atoms with Crippen LogP contribution in [0.15, 0.2) is 60.0 Å². The second kappa shape index (κ2) is 12.3. The highest BCUT2D eigenvalue weighted by Crippen LogP contribution is 2.43. The molecule has 3 heterocycles. The van der Waals surface area contributed by atoms with Crippen LogP contribution in [-0.2, 0) is 17.7 Å². The largest absolute Gasteiger partial charge is 0.493 e. The summed E-state index contributed by atoms with van der Waals surface area (Å²) in [5.41, 5.74) is 9.33. The van der Waals surface area contributed by atoms with E-state index in [0.29, 0.717) is 43.2 Å². The monoisotopic (exact) mass is 572 g/mol. The number of carbonyl (C=O) groups excluding carboxylic acids is 2. The van der Waals surface area contributed by atoms with Crippen LogP contribution in [0.3, 0.4) is 0 Å². The average molecular weight is 573 g/mol. The minimum atomic E-state index is -1.34. The molecule has 0 aliphatic carbocycles. The second-order valence-electron chi connectivity index (χ2n) is 9.27. The van der Waals surface area contributed by atoms with Gasteiger partial charge in [-0.2, -0.15) is 0 Å². The van der Waals surface area contributed by atoms with Gasteiger partial charge in [0.2, 0.25) is 0 Å². The molecule has 41 heavy (non-hydrogen) atoms. The summed E-state index contributed by atoms with van der Waals surface area (Å²) in [6.07, 6.45) is 0.701. The van der Waals surface area contributed by atoms with E-state index in [1.54, 1.807) is 35.6 Å². The number of carbonyl (C=O) groups is 3. The summed E-state index contributed by atoms with van der Waals surface area (Å²) in [7, 11) is 1.51. The number of anilines is 1. The maximum Gasteiger partial charge on any atom is 0.355 e. The summed E-state index contributed by atoms with van der Waals surface area (Å²) in [5, 5.41) is 17.6. The zero-order chi connectivity index (χ0) is 28.9. The number of rotatable bonds is 9. The van der Waals surface area contributed by atoms with Crippen LogP contribution in [0.2, 0.25) is 0 Å². The number of carboxylic acid groups (broad SMARTS) is 1. The summed E-state index contributed by atoms with van der Waals surface area (Å²) in [6.45, 7) is 1.34. The molecule has 2 amide bonds. The molecule has 1 aliphatic heterocycles. The summed E-state index contributed by atoms with van der Waals surface area (Å²) in [6, 6.07) is 15.5. The molecule has 210 valence electrons. The molecule has 2 aromatic heterocycles. The lowest BCUT2D eigenvalue weighted by Gasteiger charge is -2.17. The van der Waals surface area contributed by atoms with Crippen LogP contribution >= 0.6 is 11.3 Å². The van der Waals surface area contributed by atoms with E-state index in [1.165, 1.54) is 19.2 Å². The molecular weight excluding hydrogens is 544 g/mol. The van der Waals surface area contributed by atoms with Crippen molar-refractivity contribution in [2.24, 2.45) is 5.73 Å². The molecule has 2 aromatic carbocycles. The SMILES string of the molecule is COCCNC(=O)c1ccc(-c2cc3c(cc2C(=O)Nc2ccc(CN)cc2)-c2sccc2CCO3)c(C(=O)O)n1. The smallest absolute Gasteiger partial charge is 0.355 e. The summed E-state index contributed by atoms with van der Waals surface area (Å²) >= 11 is 1.55. The average Bonchev–Trinajstić information content (AvgIpc) is 3.38. The number of aromatic nitrogens is 1. The van der Waals surface area contributed by atoms with Crippen LogP contribution in [0.25, 0.3) is 21.6 Å². The number of hydrogen-bond acceptors (Lipinski definition) is 8. The molecule has 10 nitrogen and oxygen atoms in total. The maximum atomic E-state index is 13.8. The topological polar surface area (TPSA) is 153 Å². The summed E-state index contributed by atoms with van der Waals surface area (Å²) in [4.78, 5) is 43.9. The van der Waals surface area contributed by atoms with Gasteiger partial charge in [-0.25, -0.2) is 9.78 Å². The Labute approximate surface area is 240 Å². The molecule has 0 saturated heterocycles. The van der Waals surface area contributed by atoms with Gasteiger partial charge in [-0.3, -0.25) is 9.59 Å². The van der Waals surface area contributed by atoms with Crippen LogP contribution in [0.4, 0.5) is 5.69 Å². The molecule has 0 atom stereocenters. The molecule has 4 aromatic rings. The number of pyridine rings is 1. The van der Waals surface area contributed by atoms with Crippen molar-refractivity contribution in [1.82, 2.24) is 10.3 Å².